The van der Waals surface area contributed by atoms with Gasteiger partial charge in [-0.3, -0.25) is 0 Å². The third-order valence-corrected chi connectivity index (χ3v) is 19.1. The van der Waals surface area contributed by atoms with E-state index in [0.717, 1.165) is 174 Å². The first-order valence-electron chi connectivity index (χ1n) is 30.1. The first-order valence-corrected chi connectivity index (χ1v) is 30.1. The van der Waals surface area contributed by atoms with Crippen LogP contribution in [0.25, 0.3) is 21.8 Å². The predicted octanol–water partition coefficient (Wildman–Crippen LogP) is 6.91. The van der Waals surface area contributed by atoms with Crippen molar-refractivity contribution in [3.8, 4) is 35.2 Å². The van der Waals surface area contributed by atoms with E-state index in [1.165, 1.54) is 25.7 Å². The quantitative estimate of drug-likeness (QED) is 0.0810. The fourth-order valence-corrected chi connectivity index (χ4v) is 14.3. The summed E-state index contributed by atoms with van der Waals surface area (Å²) in [5.74, 6) is 19.2. The van der Waals surface area contributed by atoms with E-state index in [9.17, 15) is 10.2 Å². The van der Waals surface area contributed by atoms with Crippen LogP contribution in [0.3, 0.4) is 0 Å². The molecule has 2 unspecified atom stereocenters. The Labute approximate surface area is 463 Å². The smallest absolute Gasteiger partial charge is 0.228 e. The minimum absolute atomic E-state index is 0.225. The first-order chi connectivity index (χ1) is 38.0. The van der Waals surface area contributed by atoms with Crippen molar-refractivity contribution in [2.75, 3.05) is 113 Å². The molecule has 8 heterocycles. The minimum atomic E-state index is -1.06. The van der Waals surface area contributed by atoms with E-state index in [1.807, 2.05) is 0 Å². The van der Waals surface area contributed by atoms with E-state index in [2.05, 4.69) is 116 Å². The Kier molecular flexibility index (Phi) is 15.8. The molecule has 12 rings (SSSR count). The Morgan fingerprint density at radius 1 is 0.564 bits per heavy atom. The van der Waals surface area contributed by atoms with Crippen LogP contribution in [-0.4, -0.2) is 191 Å². The lowest BCUT2D eigenvalue weighted by molar-refractivity contribution is -0.0160. The number of likely N-dealkylation sites (tertiary alicyclic amines) is 4. The van der Waals surface area contributed by atoms with Crippen molar-refractivity contribution >= 4 is 45.3 Å². The summed E-state index contributed by atoms with van der Waals surface area (Å²) in [6.45, 7) is 21.2. The molecule has 0 spiro atoms. The Morgan fingerprint density at radius 3 is 1.33 bits per heavy atom. The maximum atomic E-state index is 12.9. The summed E-state index contributed by atoms with van der Waals surface area (Å²) in [7, 11) is 3.43. The van der Waals surface area contributed by atoms with E-state index < -0.39 is 12.2 Å². The van der Waals surface area contributed by atoms with E-state index >= 15 is 0 Å². The molecular weight excluding hydrogens is 977 g/mol. The standard InChI is InChI=1S/C62H86N12O4/c1-39(2)71-27-17-45(18-28-71)63-59-49-35-53(77-5)41(15-7-9-21-69-23-11-12-24-69)33-51(49)65-61(67-59)73-37-43-31-47(43)55(73)57(75)58(76)56-48-32-44(48)38-74(56)62-66-52-34-42(16-8-10-22-70-25-13-14-26-70)54(78-6)36-50(52)60(68-62)64-46-19-29-72(30-20-46)40(3)4/h33-36,39-40,43-48,55-58,75-76H,9-14,17-32,37-38H2,1-6H3,(H,63,65,67)(H,64,66,68)/t43-,44-,47-,48-,55+,56+,57?,58?/m0/s1. The number of aromatic nitrogens is 4. The van der Waals surface area contributed by atoms with Crippen LogP contribution in [0.4, 0.5) is 23.5 Å². The third-order valence-electron chi connectivity index (χ3n) is 19.1. The van der Waals surface area contributed by atoms with Crippen LogP contribution in [-0.2, 0) is 0 Å². The van der Waals surface area contributed by atoms with Crippen molar-refractivity contribution < 1.29 is 19.7 Å². The lowest BCUT2D eigenvalue weighted by atomic mass is 9.93. The predicted molar refractivity (Wildman–Crippen MR) is 311 cm³/mol. The van der Waals surface area contributed by atoms with Gasteiger partial charge in [0.15, 0.2) is 0 Å². The zero-order valence-corrected chi connectivity index (χ0v) is 47.4. The van der Waals surface area contributed by atoms with Gasteiger partial charge in [0.25, 0.3) is 0 Å². The number of hydrogen-bond acceptors (Lipinski definition) is 16. The van der Waals surface area contributed by atoms with Gasteiger partial charge in [-0.15, -0.1) is 0 Å². The van der Waals surface area contributed by atoms with Gasteiger partial charge in [-0.1, -0.05) is 23.7 Å². The topological polar surface area (TPSA) is 154 Å². The number of aliphatic hydroxyl groups excluding tert-OH is 2. The van der Waals surface area contributed by atoms with Gasteiger partial charge in [0, 0.05) is 100 Å². The normalized spacial score (nSPS) is 26.7. The molecule has 16 heteroatoms. The number of piperidine rings is 4. The van der Waals surface area contributed by atoms with Crippen molar-refractivity contribution in [3.05, 3.63) is 35.4 Å². The zero-order valence-electron chi connectivity index (χ0n) is 47.4. The number of fused-ring (bicyclic) bond motifs is 4. The van der Waals surface area contributed by atoms with Gasteiger partial charge in [0.2, 0.25) is 11.9 Å². The van der Waals surface area contributed by atoms with E-state index in [0.29, 0.717) is 47.3 Å². The van der Waals surface area contributed by atoms with Gasteiger partial charge in [-0.05, 0) is 166 Å². The molecule has 2 aromatic carbocycles. The lowest BCUT2D eigenvalue weighted by Gasteiger charge is -2.39. The highest BCUT2D eigenvalue weighted by atomic mass is 16.5. The van der Waals surface area contributed by atoms with Gasteiger partial charge in [-0.2, -0.15) is 9.97 Å². The Hall–Kier alpha value is -5.20. The van der Waals surface area contributed by atoms with Crippen LogP contribution >= 0.6 is 0 Å². The summed E-state index contributed by atoms with van der Waals surface area (Å²) in [6, 6.07) is 9.02. The van der Waals surface area contributed by atoms with Crippen LogP contribution < -0.4 is 29.9 Å². The SMILES string of the molecule is COc1cc2c(NC3CCN(C(C)C)CC3)nc(N3C[C@@H]4C[C@@H]4[C@@H]3C(O)C(O)[C@H]3[C@H]4C[C@H]4CN3c3nc(NC4CCN(C(C)C)CC4)c4cc(OC)c(C#CCCN5CCCC5)cc4n3)nc2cc1C#CCCN1CCCC1. The van der Waals surface area contributed by atoms with Crippen molar-refractivity contribution in [2.45, 2.75) is 153 Å². The number of aliphatic hydroxyl groups is 2. The van der Waals surface area contributed by atoms with E-state index in [-0.39, 0.29) is 36.0 Å². The zero-order chi connectivity index (χ0) is 53.6. The monoisotopic (exact) mass is 1060 g/mol. The Balaban J connectivity index is 0.850. The minimum Gasteiger partial charge on any atom is -0.495 e. The van der Waals surface area contributed by atoms with Crippen LogP contribution in [0.5, 0.6) is 11.5 Å². The van der Waals surface area contributed by atoms with Gasteiger partial charge in [0.1, 0.15) is 35.3 Å². The molecule has 2 aromatic heterocycles. The van der Waals surface area contributed by atoms with Crippen LogP contribution in [0.1, 0.15) is 116 Å². The molecule has 0 bridgehead atoms. The highest BCUT2D eigenvalue weighted by molar-refractivity contribution is 5.94. The number of ether oxygens (including phenoxy) is 2. The van der Waals surface area contributed by atoms with Gasteiger partial charge < -0.3 is 59.7 Å². The Morgan fingerprint density at radius 2 is 0.962 bits per heavy atom. The fourth-order valence-electron chi connectivity index (χ4n) is 14.3. The van der Waals surface area contributed by atoms with E-state index in [1.54, 1.807) is 14.2 Å². The molecule has 8 fully saturated rings. The second kappa shape index (κ2) is 23.1. The summed E-state index contributed by atoms with van der Waals surface area (Å²) < 4.78 is 12.0. The average Bonchev–Trinajstić information content (AvgIpc) is 4.14. The highest BCUT2D eigenvalue weighted by Gasteiger charge is 2.62. The van der Waals surface area contributed by atoms with Crippen LogP contribution in [0.2, 0.25) is 0 Å². The summed E-state index contributed by atoms with van der Waals surface area (Å²) in [5, 5.41) is 35.3. The second-order valence-electron chi connectivity index (χ2n) is 24.8. The number of methoxy groups -OCH3 is 2. The van der Waals surface area contributed by atoms with Crippen molar-refractivity contribution in [2.24, 2.45) is 23.7 Å². The van der Waals surface area contributed by atoms with Crippen molar-refractivity contribution in [1.82, 2.24) is 39.5 Å². The molecule has 8 atom stereocenters. The number of nitrogens with one attached hydrogen (secondary N) is 2. The van der Waals surface area contributed by atoms with Gasteiger partial charge in [0.05, 0.1) is 48.5 Å². The number of hydrogen-bond donors (Lipinski definition) is 4. The molecule has 2 saturated carbocycles. The molecule has 16 nitrogen and oxygen atoms in total. The van der Waals surface area contributed by atoms with Crippen LogP contribution in [0.15, 0.2) is 24.3 Å². The molecule has 418 valence electrons. The average molecular weight is 1060 g/mol. The number of rotatable bonds is 17. The molecule has 4 N–H and O–H groups in total. The molecule has 2 aliphatic carbocycles. The molecule has 6 saturated heterocycles. The van der Waals surface area contributed by atoms with Crippen molar-refractivity contribution in [3.63, 3.8) is 0 Å². The van der Waals surface area contributed by atoms with Gasteiger partial charge in [-0.25, -0.2) is 9.97 Å². The molecule has 78 heavy (non-hydrogen) atoms. The van der Waals surface area contributed by atoms with Crippen molar-refractivity contribution in [1.29, 1.82) is 0 Å². The number of anilines is 4. The molecule has 8 aliphatic rings. The Bertz CT molecular complexity index is 2710. The summed E-state index contributed by atoms with van der Waals surface area (Å²) in [4.78, 5) is 36.0. The largest absolute Gasteiger partial charge is 0.495 e. The molecule has 4 aromatic rings. The lowest BCUT2D eigenvalue weighted by Crippen LogP contribution is -2.56. The third kappa shape index (κ3) is 11.3. The first kappa shape index (κ1) is 53.4. The maximum absolute atomic E-state index is 12.9. The van der Waals surface area contributed by atoms with E-state index in [4.69, 9.17) is 29.4 Å². The van der Waals surface area contributed by atoms with Crippen LogP contribution in [0, 0.1) is 47.4 Å². The summed E-state index contributed by atoms with van der Waals surface area (Å²) in [6.07, 6.45) is 10.6. The second-order valence-corrected chi connectivity index (χ2v) is 24.8. The number of benzene rings is 2. The van der Waals surface area contributed by atoms with Gasteiger partial charge >= 0.3 is 0 Å². The molecule has 6 aliphatic heterocycles. The molecule has 0 amide bonds. The highest BCUT2D eigenvalue weighted by Crippen LogP contribution is 2.55. The maximum Gasteiger partial charge on any atom is 0.228 e. The molecular formula is C62H86N12O4. The fraction of sp³-hybridized carbons (Fsp3) is 0.677. The number of nitrogens with zero attached hydrogens (tertiary/aromatic N) is 10. The summed E-state index contributed by atoms with van der Waals surface area (Å²) >= 11 is 0. The molecule has 0 radical (unpaired) electrons. The summed E-state index contributed by atoms with van der Waals surface area (Å²) in [5.41, 5.74) is 3.21.